The van der Waals surface area contributed by atoms with E-state index in [1.165, 1.54) is 6.42 Å². The maximum Gasteiger partial charge on any atom is 0.257 e. The number of imidazole rings is 1. The van der Waals surface area contributed by atoms with Crippen LogP contribution in [0.3, 0.4) is 0 Å². The first-order chi connectivity index (χ1) is 17.0. The molecule has 0 aliphatic rings. The van der Waals surface area contributed by atoms with Gasteiger partial charge in [0.2, 0.25) is 0 Å². The minimum Gasteiger partial charge on any atom is -0.370 e. The van der Waals surface area contributed by atoms with Crippen molar-refractivity contribution in [2.75, 3.05) is 32.4 Å². The van der Waals surface area contributed by atoms with Crippen molar-refractivity contribution in [3.63, 3.8) is 0 Å². The predicted molar refractivity (Wildman–Crippen MR) is 146 cm³/mol. The number of carbonyl (C=O) groups excluding carboxylic acids is 1. The molecule has 0 unspecified atom stereocenters. The molecular formula is C25H40N8OS. The molecule has 0 saturated carbocycles. The van der Waals surface area contributed by atoms with E-state index < -0.39 is 0 Å². The summed E-state index contributed by atoms with van der Waals surface area (Å²) in [5.74, 6) is 2.29. The number of aromatic nitrogens is 2. The van der Waals surface area contributed by atoms with Gasteiger partial charge in [0, 0.05) is 49.4 Å². The number of aliphatic imine (C=N–C) groups is 1. The second kappa shape index (κ2) is 16.6. The summed E-state index contributed by atoms with van der Waals surface area (Å²) in [5.41, 5.74) is 8.59. The standard InChI is InChI=1S/C25H40N8OS/c1-20-22(31-19-30-20)18-35-17-16-33(24(26)27)15-11-6-4-3-5-10-14-29-25(28-2)32-23(34)21-12-8-7-9-13-21/h7-9,12-13,19H,3-6,10-11,14-18H2,1-2H3,(H3,26,27)(H,30,31)(H2,28,29,32,34). The van der Waals surface area contributed by atoms with Gasteiger partial charge in [-0.15, -0.1) is 0 Å². The molecule has 6 N–H and O–H groups in total. The monoisotopic (exact) mass is 500 g/mol. The van der Waals surface area contributed by atoms with Crippen molar-refractivity contribution in [2.24, 2.45) is 10.7 Å². The van der Waals surface area contributed by atoms with Crippen molar-refractivity contribution in [3.05, 3.63) is 53.6 Å². The number of nitrogens with two attached hydrogens (primary N) is 1. The predicted octanol–water partition coefficient (Wildman–Crippen LogP) is 3.49. The normalized spacial score (nSPS) is 11.3. The summed E-state index contributed by atoms with van der Waals surface area (Å²) >= 11 is 1.82. The van der Waals surface area contributed by atoms with Crippen LogP contribution in [-0.2, 0) is 5.75 Å². The van der Waals surface area contributed by atoms with E-state index in [0.717, 1.165) is 74.6 Å². The Morgan fingerprint density at radius 1 is 1.14 bits per heavy atom. The van der Waals surface area contributed by atoms with E-state index in [4.69, 9.17) is 11.1 Å². The van der Waals surface area contributed by atoms with Gasteiger partial charge in [0.15, 0.2) is 11.9 Å². The number of nitrogens with zero attached hydrogens (tertiary/aromatic N) is 3. The van der Waals surface area contributed by atoms with Gasteiger partial charge in [-0.05, 0) is 31.9 Å². The van der Waals surface area contributed by atoms with Crippen LogP contribution >= 0.6 is 11.8 Å². The average molecular weight is 501 g/mol. The zero-order chi connectivity index (χ0) is 25.3. The van der Waals surface area contributed by atoms with Gasteiger partial charge in [0.25, 0.3) is 5.91 Å². The number of guanidine groups is 2. The molecule has 0 radical (unpaired) electrons. The van der Waals surface area contributed by atoms with Crippen molar-refractivity contribution in [3.8, 4) is 0 Å². The Morgan fingerprint density at radius 2 is 1.86 bits per heavy atom. The molecule has 0 spiro atoms. The molecule has 2 aromatic rings. The highest BCUT2D eigenvalue weighted by Gasteiger charge is 2.08. The number of benzene rings is 1. The third-order valence-corrected chi connectivity index (χ3v) is 6.61. The summed E-state index contributed by atoms with van der Waals surface area (Å²) < 4.78 is 0. The molecular weight excluding hydrogens is 460 g/mol. The number of unbranched alkanes of at least 4 members (excludes halogenated alkanes) is 5. The Kier molecular flexibility index (Phi) is 13.4. The van der Waals surface area contributed by atoms with Gasteiger partial charge in [-0.25, -0.2) is 4.98 Å². The molecule has 0 atom stereocenters. The fourth-order valence-corrected chi connectivity index (χ4v) is 4.50. The molecule has 0 saturated heterocycles. The zero-order valence-electron chi connectivity index (χ0n) is 21.0. The molecule has 0 aliphatic heterocycles. The minimum atomic E-state index is -0.162. The molecule has 1 heterocycles. The highest BCUT2D eigenvalue weighted by molar-refractivity contribution is 7.98. The van der Waals surface area contributed by atoms with E-state index in [1.807, 2.05) is 41.8 Å². The SMILES string of the molecule is CN=C(NCCCCCCCCN(CCSCc1nc[nH]c1C)C(=N)N)NC(=O)c1ccccc1. The molecule has 1 amide bonds. The molecule has 1 aromatic carbocycles. The van der Waals surface area contributed by atoms with Crippen LogP contribution in [0.5, 0.6) is 0 Å². The van der Waals surface area contributed by atoms with E-state index in [2.05, 4.69) is 25.6 Å². The lowest BCUT2D eigenvalue weighted by Gasteiger charge is -2.22. The third kappa shape index (κ3) is 11.3. The second-order valence-corrected chi connectivity index (χ2v) is 9.44. The summed E-state index contributed by atoms with van der Waals surface area (Å²) in [6, 6.07) is 9.12. The van der Waals surface area contributed by atoms with Gasteiger partial charge >= 0.3 is 0 Å². The van der Waals surface area contributed by atoms with Gasteiger partial charge in [-0.2, -0.15) is 11.8 Å². The van der Waals surface area contributed by atoms with Crippen LogP contribution in [0.1, 0.15) is 60.3 Å². The lowest BCUT2D eigenvalue weighted by Crippen LogP contribution is -2.41. The lowest BCUT2D eigenvalue weighted by atomic mass is 10.1. The summed E-state index contributed by atoms with van der Waals surface area (Å²) in [6.07, 6.45) is 8.37. The Hall–Kier alpha value is -3.01. The van der Waals surface area contributed by atoms with Crippen molar-refractivity contribution < 1.29 is 4.79 Å². The Bertz CT molecular complexity index is 915. The first-order valence-corrected chi connectivity index (χ1v) is 13.4. The van der Waals surface area contributed by atoms with Crippen LogP contribution in [-0.4, -0.2) is 65.1 Å². The van der Waals surface area contributed by atoms with Crippen LogP contribution in [0.4, 0.5) is 0 Å². The smallest absolute Gasteiger partial charge is 0.257 e. The maximum atomic E-state index is 12.2. The second-order valence-electron chi connectivity index (χ2n) is 8.34. The quantitative estimate of drug-likeness (QED) is 0.144. The summed E-state index contributed by atoms with van der Waals surface area (Å²) in [5, 5.41) is 13.8. The van der Waals surface area contributed by atoms with Gasteiger partial charge in [-0.3, -0.25) is 20.5 Å². The van der Waals surface area contributed by atoms with E-state index in [9.17, 15) is 4.79 Å². The fraction of sp³-hybridized carbons (Fsp3) is 0.520. The van der Waals surface area contributed by atoms with Crippen LogP contribution < -0.4 is 16.4 Å². The number of rotatable bonds is 15. The summed E-state index contributed by atoms with van der Waals surface area (Å²) in [4.78, 5) is 25.7. The molecule has 2 rings (SSSR count). The lowest BCUT2D eigenvalue weighted by molar-refractivity contribution is 0.0975. The number of aryl methyl sites for hydroxylation is 1. The fourth-order valence-electron chi connectivity index (χ4n) is 3.52. The minimum absolute atomic E-state index is 0.153. The average Bonchev–Trinajstić information content (AvgIpc) is 3.27. The number of carbonyl (C=O) groups is 1. The number of H-pyrrole nitrogens is 1. The van der Waals surface area contributed by atoms with E-state index in [-0.39, 0.29) is 11.9 Å². The Labute approximate surface area is 213 Å². The number of hydrogen-bond donors (Lipinski definition) is 5. The van der Waals surface area contributed by atoms with Crippen molar-refractivity contribution in [2.45, 2.75) is 51.2 Å². The summed E-state index contributed by atoms with van der Waals surface area (Å²) in [7, 11) is 1.66. The molecule has 35 heavy (non-hydrogen) atoms. The molecule has 9 nitrogen and oxygen atoms in total. The van der Waals surface area contributed by atoms with Crippen LogP contribution in [0.15, 0.2) is 41.7 Å². The molecule has 192 valence electrons. The number of amides is 1. The maximum absolute atomic E-state index is 12.2. The van der Waals surface area contributed by atoms with Crippen molar-refractivity contribution in [1.82, 2.24) is 25.5 Å². The van der Waals surface area contributed by atoms with Crippen LogP contribution in [0.25, 0.3) is 0 Å². The first kappa shape index (κ1) is 28.2. The highest BCUT2D eigenvalue weighted by atomic mass is 32.2. The van der Waals surface area contributed by atoms with E-state index in [1.54, 1.807) is 25.5 Å². The number of aromatic amines is 1. The van der Waals surface area contributed by atoms with E-state index >= 15 is 0 Å². The zero-order valence-corrected chi connectivity index (χ0v) is 21.8. The topological polar surface area (TPSA) is 135 Å². The van der Waals surface area contributed by atoms with Gasteiger partial charge in [-0.1, -0.05) is 43.9 Å². The van der Waals surface area contributed by atoms with Gasteiger partial charge in [0.1, 0.15) is 0 Å². The van der Waals surface area contributed by atoms with Crippen molar-refractivity contribution in [1.29, 1.82) is 5.41 Å². The van der Waals surface area contributed by atoms with Crippen molar-refractivity contribution >= 4 is 29.6 Å². The number of hydrogen-bond acceptors (Lipinski definition) is 5. The Balaban J connectivity index is 1.48. The molecule has 0 bridgehead atoms. The molecule has 1 aromatic heterocycles. The molecule has 0 fully saturated rings. The Morgan fingerprint density at radius 3 is 2.51 bits per heavy atom. The highest BCUT2D eigenvalue weighted by Crippen LogP contribution is 2.13. The van der Waals surface area contributed by atoms with Crippen LogP contribution in [0.2, 0.25) is 0 Å². The number of thioether (sulfide) groups is 1. The van der Waals surface area contributed by atoms with Crippen LogP contribution in [0, 0.1) is 12.3 Å². The molecule has 10 heteroatoms. The first-order valence-electron chi connectivity index (χ1n) is 12.2. The van der Waals surface area contributed by atoms with Gasteiger partial charge in [0.05, 0.1) is 12.0 Å². The van der Waals surface area contributed by atoms with E-state index in [0.29, 0.717) is 11.5 Å². The number of nitrogens with one attached hydrogen (secondary N) is 4. The largest absolute Gasteiger partial charge is 0.370 e. The van der Waals surface area contributed by atoms with Gasteiger partial charge < -0.3 is 20.9 Å². The molecule has 0 aliphatic carbocycles. The third-order valence-electron chi connectivity index (χ3n) is 5.66. The summed E-state index contributed by atoms with van der Waals surface area (Å²) in [6.45, 7) is 4.42.